The van der Waals surface area contributed by atoms with Gasteiger partial charge in [-0.1, -0.05) is 0 Å². The smallest absolute Gasteiger partial charge is 0.407 e. The standard InChI is InChI=1S/C14H25N3O2/c1-9(2)16-8-10(7-15)11-6-12(11)17-13(18)19-14(3,4)5/h7-9,11-12,15-16H,6H2,1-5H3,(H,17,18)/b10-8+,15-7?. The SMILES string of the molecule is CC(C)N/C=C(\C=N)C1CC1NC(=O)OC(C)(C)C. The summed E-state index contributed by atoms with van der Waals surface area (Å²) >= 11 is 0. The maximum Gasteiger partial charge on any atom is 0.407 e. The fourth-order valence-corrected chi connectivity index (χ4v) is 1.70. The Hall–Kier alpha value is -1.52. The topological polar surface area (TPSA) is 74.2 Å². The van der Waals surface area contributed by atoms with E-state index in [-0.39, 0.29) is 18.1 Å². The average molecular weight is 267 g/mol. The monoisotopic (exact) mass is 267 g/mol. The van der Waals surface area contributed by atoms with E-state index in [0.717, 1.165) is 12.0 Å². The molecule has 3 N–H and O–H groups in total. The van der Waals surface area contributed by atoms with Crippen LogP contribution in [0.2, 0.25) is 0 Å². The fourth-order valence-electron chi connectivity index (χ4n) is 1.70. The number of rotatable bonds is 5. The molecule has 0 aromatic rings. The Balaban J connectivity index is 2.43. The molecule has 1 aliphatic carbocycles. The third-order valence-corrected chi connectivity index (χ3v) is 2.67. The Morgan fingerprint density at radius 3 is 2.53 bits per heavy atom. The number of hydrogen-bond acceptors (Lipinski definition) is 4. The summed E-state index contributed by atoms with van der Waals surface area (Å²) in [4.78, 5) is 11.6. The second-order valence-electron chi connectivity index (χ2n) is 6.20. The van der Waals surface area contributed by atoms with Crippen LogP contribution >= 0.6 is 0 Å². The predicted octanol–water partition coefficient (Wildman–Crippen LogP) is 2.43. The van der Waals surface area contributed by atoms with Gasteiger partial charge in [0.05, 0.1) is 0 Å². The third-order valence-electron chi connectivity index (χ3n) is 2.67. The molecule has 1 fully saturated rings. The highest BCUT2D eigenvalue weighted by Gasteiger charge is 2.41. The molecular formula is C14H25N3O2. The van der Waals surface area contributed by atoms with E-state index in [1.807, 2.05) is 40.8 Å². The van der Waals surface area contributed by atoms with Crippen LogP contribution in [-0.4, -0.2) is 30.0 Å². The lowest BCUT2D eigenvalue weighted by atomic mass is 10.2. The first-order chi connectivity index (χ1) is 8.73. The lowest BCUT2D eigenvalue weighted by molar-refractivity contribution is 0.0522. The molecule has 0 aliphatic heterocycles. The van der Waals surface area contributed by atoms with Gasteiger partial charge in [-0.2, -0.15) is 0 Å². The first-order valence-corrected chi connectivity index (χ1v) is 6.69. The molecule has 1 amide bonds. The summed E-state index contributed by atoms with van der Waals surface area (Å²) in [7, 11) is 0. The van der Waals surface area contributed by atoms with Crippen LogP contribution in [-0.2, 0) is 4.74 Å². The maximum absolute atomic E-state index is 11.6. The minimum atomic E-state index is -0.478. The molecule has 0 aromatic carbocycles. The molecule has 1 saturated carbocycles. The highest BCUT2D eigenvalue weighted by atomic mass is 16.6. The number of carbonyl (C=O) groups excluding carboxylic acids is 1. The molecule has 0 spiro atoms. The summed E-state index contributed by atoms with van der Waals surface area (Å²) in [5.41, 5.74) is 0.434. The van der Waals surface area contributed by atoms with E-state index in [0.29, 0.717) is 6.04 Å². The van der Waals surface area contributed by atoms with Crippen molar-refractivity contribution in [3.8, 4) is 0 Å². The van der Waals surface area contributed by atoms with Crippen LogP contribution < -0.4 is 10.6 Å². The molecule has 0 bridgehead atoms. The fraction of sp³-hybridized carbons (Fsp3) is 0.714. The van der Waals surface area contributed by atoms with E-state index in [1.165, 1.54) is 6.21 Å². The van der Waals surface area contributed by atoms with Crippen molar-refractivity contribution in [3.63, 3.8) is 0 Å². The van der Waals surface area contributed by atoms with Gasteiger partial charge >= 0.3 is 6.09 Å². The molecule has 19 heavy (non-hydrogen) atoms. The van der Waals surface area contributed by atoms with Crippen molar-refractivity contribution in [1.29, 1.82) is 5.41 Å². The van der Waals surface area contributed by atoms with E-state index >= 15 is 0 Å². The molecule has 2 atom stereocenters. The molecule has 0 heterocycles. The summed E-state index contributed by atoms with van der Waals surface area (Å²) < 4.78 is 5.21. The number of alkyl carbamates (subject to hydrolysis) is 1. The summed E-state index contributed by atoms with van der Waals surface area (Å²) in [5, 5.41) is 13.4. The Kier molecular flexibility index (Phi) is 4.97. The number of amides is 1. The highest BCUT2D eigenvalue weighted by molar-refractivity contribution is 5.78. The van der Waals surface area contributed by atoms with Crippen LogP contribution in [0.3, 0.4) is 0 Å². The van der Waals surface area contributed by atoms with Gasteiger partial charge < -0.3 is 20.8 Å². The Morgan fingerprint density at radius 1 is 1.42 bits per heavy atom. The van der Waals surface area contributed by atoms with Crippen LogP contribution in [0.1, 0.15) is 41.0 Å². The number of nitrogens with one attached hydrogen (secondary N) is 3. The second-order valence-corrected chi connectivity index (χ2v) is 6.20. The first-order valence-electron chi connectivity index (χ1n) is 6.69. The van der Waals surface area contributed by atoms with Crippen molar-refractivity contribution in [2.24, 2.45) is 5.92 Å². The predicted molar refractivity (Wildman–Crippen MR) is 76.4 cm³/mol. The quantitative estimate of drug-likeness (QED) is 0.670. The average Bonchev–Trinajstić information content (AvgIpc) is 2.94. The van der Waals surface area contributed by atoms with Crippen LogP contribution in [0.4, 0.5) is 4.79 Å². The molecule has 1 rings (SSSR count). The van der Waals surface area contributed by atoms with Crippen molar-refractivity contribution in [1.82, 2.24) is 10.6 Å². The van der Waals surface area contributed by atoms with Crippen LogP contribution in [0, 0.1) is 11.3 Å². The zero-order valence-electron chi connectivity index (χ0n) is 12.4. The van der Waals surface area contributed by atoms with Crippen molar-refractivity contribution in [3.05, 3.63) is 11.8 Å². The van der Waals surface area contributed by atoms with E-state index in [2.05, 4.69) is 10.6 Å². The van der Waals surface area contributed by atoms with E-state index in [1.54, 1.807) is 0 Å². The highest BCUT2D eigenvalue weighted by Crippen LogP contribution is 2.36. The first kappa shape index (κ1) is 15.5. The molecule has 2 unspecified atom stereocenters. The van der Waals surface area contributed by atoms with Crippen LogP contribution in [0.5, 0.6) is 0 Å². The van der Waals surface area contributed by atoms with Crippen LogP contribution in [0.25, 0.3) is 0 Å². The minimum absolute atomic E-state index is 0.0802. The Labute approximate surface area is 115 Å². The second kappa shape index (κ2) is 6.08. The van der Waals surface area contributed by atoms with Gasteiger partial charge in [0.15, 0.2) is 0 Å². The van der Waals surface area contributed by atoms with Gasteiger partial charge in [-0.15, -0.1) is 0 Å². The Bertz CT molecular complexity index is 369. The molecule has 1 aliphatic rings. The van der Waals surface area contributed by atoms with Crippen LogP contribution in [0.15, 0.2) is 11.8 Å². The summed E-state index contributed by atoms with van der Waals surface area (Å²) in [6, 6.07) is 0.419. The zero-order chi connectivity index (χ0) is 14.6. The normalized spacial score (nSPS) is 22.9. The molecule has 5 heteroatoms. The maximum atomic E-state index is 11.6. The molecule has 108 valence electrons. The minimum Gasteiger partial charge on any atom is -0.444 e. The number of carbonyl (C=O) groups is 1. The molecule has 0 aromatic heterocycles. The van der Waals surface area contributed by atoms with Crippen molar-refractivity contribution in [2.45, 2.75) is 58.7 Å². The van der Waals surface area contributed by atoms with Gasteiger partial charge in [0.1, 0.15) is 5.60 Å². The largest absolute Gasteiger partial charge is 0.444 e. The van der Waals surface area contributed by atoms with Gasteiger partial charge in [0.2, 0.25) is 0 Å². The van der Waals surface area contributed by atoms with Gasteiger partial charge in [-0.05, 0) is 46.6 Å². The zero-order valence-corrected chi connectivity index (χ0v) is 12.4. The van der Waals surface area contributed by atoms with Gasteiger partial charge in [-0.25, -0.2) is 4.79 Å². The molecular weight excluding hydrogens is 242 g/mol. The van der Waals surface area contributed by atoms with Gasteiger partial charge in [0, 0.05) is 30.4 Å². The van der Waals surface area contributed by atoms with Crippen molar-refractivity contribution >= 4 is 12.3 Å². The lowest BCUT2D eigenvalue weighted by Gasteiger charge is -2.19. The molecule has 0 saturated heterocycles. The van der Waals surface area contributed by atoms with Crippen molar-refractivity contribution < 1.29 is 9.53 Å². The summed E-state index contributed by atoms with van der Waals surface area (Å²) in [5.74, 6) is 0.219. The third kappa shape index (κ3) is 5.77. The molecule has 5 nitrogen and oxygen atoms in total. The van der Waals surface area contributed by atoms with Gasteiger partial charge in [-0.3, -0.25) is 0 Å². The number of hydrogen-bond donors (Lipinski definition) is 3. The lowest BCUT2D eigenvalue weighted by Crippen LogP contribution is -2.34. The summed E-state index contributed by atoms with van der Waals surface area (Å²) in [6.07, 6.45) is 3.68. The summed E-state index contributed by atoms with van der Waals surface area (Å²) in [6.45, 7) is 9.61. The number of ether oxygens (including phenoxy) is 1. The Morgan fingerprint density at radius 2 is 2.05 bits per heavy atom. The van der Waals surface area contributed by atoms with Gasteiger partial charge in [0.25, 0.3) is 0 Å². The van der Waals surface area contributed by atoms with E-state index in [9.17, 15) is 4.79 Å². The van der Waals surface area contributed by atoms with E-state index < -0.39 is 5.60 Å². The van der Waals surface area contributed by atoms with E-state index in [4.69, 9.17) is 10.1 Å². The molecule has 0 radical (unpaired) electrons. The van der Waals surface area contributed by atoms with Crippen molar-refractivity contribution in [2.75, 3.05) is 0 Å².